The summed E-state index contributed by atoms with van der Waals surface area (Å²) in [5.41, 5.74) is 3.44. The third-order valence-corrected chi connectivity index (χ3v) is 7.30. The van der Waals surface area contributed by atoms with Crippen LogP contribution in [-0.4, -0.2) is 62.4 Å². The molecule has 4 N–H and O–H groups in total. The Balaban J connectivity index is 1.42. The number of hydrogen-bond donors (Lipinski definition) is 4. The number of benzene rings is 1. The van der Waals surface area contributed by atoms with E-state index in [1.807, 2.05) is 12.1 Å². The van der Waals surface area contributed by atoms with Crippen LogP contribution in [0.1, 0.15) is 52.0 Å². The number of aryl methyl sites for hydroxylation is 1. The molecular formula is C28H42BrN7O. The van der Waals surface area contributed by atoms with Crippen LogP contribution in [0, 0.1) is 5.92 Å². The summed E-state index contributed by atoms with van der Waals surface area (Å²) < 4.78 is 0.839. The van der Waals surface area contributed by atoms with E-state index < -0.39 is 0 Å². The quantitative estimate of drug-likeness (QED) is 0.151. The number of anilines is 1. The minimum Gasteiger partial charge on any atom is -0.356 e. The van der Waals surface area contributed by atoms with E-state index in [-0.39, 0.29) is 12.2 Å². The van der Waals surface area contributed by atoms with Gasteiger partial charge in [0.25, 0.3) is 0 Å². The molecule has 0 bridgehead atoms. The topological polar surface area (TPSA) is 93.2 Å². The smallest absolute Gasteiger partial charge is 0.220 e. The highest BCUT2D eigenvalue weighted by atomic mass is 79.9. The molecule has 1 aromatic rings. The second-order valence-electron chi connectivity index (χ2n) is 9.52. The van der Waals surface area contributed by atoms with Crippen molar-refractivity contribution in [3.05, 3.63) is 51.8 Å². The van der Waals surface area contributed by atoms with Gasteiger partial charge in [-0.3, -0.25) is 9.79 Å². The van der Waals surface area contributed by atoms with Gasteiger partial charge in [-0.1, -0.05) is 31.6 Å². The van der Waals surface area contributed by atoms with E-state index in [9.17, 15) is 4.79 Å². The molecule has 202 valence electrons. The third-order valence-electron chi connectivity index (χ3n) is 6.70. The number of carbonyl (C=O) groups is 1. The molecule has 2 aliphatic rings. The number of carbonyl (C=O) groups excluding carboxylic acids is 1. The van der Waals surface area contributed by atoms with E-state index in [0.717, 1.165) is 66.4 Å². The molecule has 1 heterocycles. The Morgan fingerprint density at radius 3 is 2.62 bits per heavy atom. The zero-order valence-electron chi connectivity index (χ0n) is 22.6. The zero-order chi connectivity index (χ0) is 26.6. The van der Waals surface area contributed by atoms with Crippen LogP contribution in [0.25, 0.3) is 0 Å². The molecule has 1 aliphatic carbocycles. The van der Waals surface area contributed by atoms with Crippen LogP contribution >= 0.6 is 15.9 Å². The lowest BCUT2D eigenvalue weighted by atomic mass is 10.1. The van der Waals surface area contributed by atoms with Gasteiger partial charge < -0.3 is 26.2 Å². The lowest BCUT2D eigenvalue weighted by molar-refractivity contribution is -0.121. The maximum absolute atomic E-state index is 12.2. The summed E-state index contributed by atoms with van der Waals surface area (Å²) >= 11 is 3.57. The highest BCUT2D eigenvalue weighted by Gasteiger charge is 2.23. The molecule has 8 nitrogen and oxygen atoms in total. The largest absolute Gasteiger partial charge is 0.356 e. The van der Waals surface area contributed by atoms with Crippen molar-refractivity contribution in [1.82, 2.24) is 20.9 Å². The molecule has 1 amide bonds. The molecule has 37 heavy (non-hydrogen) atoms. The van der Waals surface area contributed by atoms with Gasteiger partial charge in [0.1, 0.15) is 11.7 Å². The normalized spacial score (nSPS) is 18.2. The van der Waals surface area contributed by atoms with E-state index in [0.29, 0.717) is 12.3 Å². The number of amides is 1. The number of halogens is 1. The van der Waals surface area contributed by atoms with Gasteiger partial charge in [0.2, 0.25) is 5.91 Å². The van der Waals surface area contributed by atoms with Crippen LogP contribution in [0.15, 0.2) is 56.2 Å². The summed E-state index contributed by atoms with van der Waals surface area (Å²) in [5, 5.41) is 13.2. The van der Waals surface area contributed by atoms with Crippen LogP contribution in [0.2, 0.25) is 0 Å². The minimum atomic E-state index is -0.316. The summed E-state index contributed by atoms with van der Waals surface area (Å²) in [7, 11) is 1.79. The average molecular weight is 573 g/mol. The maximum atomic E-state index is 12.2. The zero-order valence-corrected chi connectivity index (χ0v) is 24.2. The van der Waals surface area contributed by atoms with Crippen LogP contribution in [0.4, 0.5) is 5.69 Å². The first kappa shape index (κ1) is 28.9. The number of rotatable bonds is 14. The lowest BCUT2D eigenvalue weighted by Gasteiger charge is -2.25. The van der Waals surface area contributed by atoms with Crippen molar-refractivity contribution in [3.8, 4) is 0 Å². The van der Waals surface area contributed by atoms with Crippen LogP contribution < -0.4 is 21.3 Å². The van der Waals surface area contributed by atoms with Gasteiger partial charge in [-0.05, 0) is 97.9 Å². The van der Waals surface area contributed by atoms with Crippen LogP contribution in [0.3, 0.4) is 0 Å². The van der Waals surface area contributed by atoms with Gasteiger partial charge >= 0.3 is 0 Å². The first-order valence-corrected chi connectivity index (χ1v) is 14.2. The van der Waals surface area contributed by atoms with Crippen molar-refractivity contribution in [2.75, 3.05) is 38.5 Å². The Kier molecular flexibility index (Phi) is 11.7. The Bertz CT molecular complexity index is 1010. The fraction of sp³-hybridized carbons (Fsp3) is 0.536. The molecule has 1 unspecified atom stereocenters. The summed E-state index contributed by atoms with van der Waals surface area (Å²) in [5.74, 6) is 2.44. The third kappa shape index (κ3) is 9.97. The molecule has 3 rings (SSSR count). The summed E-state index contributed by atoms with van der Waals surface area (Å²) in [6.45, 7) is 10.4. The molecule has 1 aliphatic heterocycles. The van der Waals surface area contributed by atoms with Gasteiger partial charge in [-0.15, -0.1) is 0 Å². The fourth-order valence-electron chi connectivity index (χ4n) is 4.12. The molecular weight excluding hydrogens is 530 g/mol. The average Bonchev–Trinajstić information content (AvgIpc) is 3.75. The van der Waals surface area contributed by atoms with Gasteiger partial charge in [0.15, 0.2) is 6.29 Å². The van der Waals surface area contributed by atoms with Crippen molar-refractivity contribution < 1.29 is 4.79 Å². The lowest BCUT2D eigenvalue weighted by Crippen LogP contribution is -2.43. The maximum Gasteiger partial charge on any atom is 0.220 e. The Hall–Kier alpha value is -2.65. The number of hydrogen-bond acceptors (Lipinski definition) is 6. The van der Waals surface area contributed by atoms with Crippen LogP contribution in [-0.2, 0) is 11.2 Å². The molecule has 0 spiro atoms. The van der Waals surface area contributed by atoms with Crippen molar-refractivity contribution in [3.63, 3.8) is 0 Å². The molecule has 0 aromatic heterocycles. The van der Waals surface area contributed by atoms with Gasteiger partial charge in [0, 0.05) is 31.9 Å². The van der Waals surface area contributed by atoms with Crippen molar-refractivity contribution >= 4 is 39.6 Å². The Morgan fingerprint density at radius 1 is 1.24 bits per heavy atom. The molecule has 1 fully saturated rings. The Labute approximate surface area is 230 Å². The predicted octanol–water partition coefficient (Wildman–Crippen LogP) is 4.38. The van der Waals surface area contributed by atoms with Crippen molar-refractivity contribution in [2.24, 2.45) is 15.9 Å². The van der Waals surface area contributed by atoms with Gasteiger partial charge in [-0.2, -0.15) is 0 Å². The highest BCUT2D eigenvalue weighted by molar-refractivity contribution is 9.12. The number of aliphatic imine (C=N–C) groups is 2. The predicted molar refractivity (Wildman–Crippen MR) is 158 cm³/mol. The first-order valence-electron chi connectivity index (χ1n) is 13.4. The fourth-order valence-corrected chi connectivity index (χ4v) is 4.45. The standard InChI is InChI=1S/C28H42BrN7O/c1-5-36(6-2)17-7-16-31-26(37)15-10-21-8-13-23(14-9-21)33-28-32-19-24(29)27(35-28)34-25(30-4)18-20(3)22-11-12-22/h8-9,13-14,18-19,22,28,33,35H,5-7,10-12,15-17H2,1-4H3,(H,30,34)(H,31,37)/b20-18+. The molecule has 0 saturated heterocycles. The number of allylic oxidation sites excluding steroid dienone is 2. The summed E-state index contributed by atoms with van der Waals surface area (Å²) in [6, 6.07) is 8.16. The minimum absolute atomic E-state index is 0.108. The van der Waals surface area contributed by atoms with E-state index in [1.165, 1.54) is 18.4 Å². The highest BCUT2D eigenvalue weighted by Crippen LogP contribution is 2.35. The van der Waals surface area contributed by atoms with E-state index in [4.69, 9.17) is 0 Å². The number of nitrogens with one attached hydrogen (secondary N) is 4. The van der Waals surface area contributed by atoms with Crippen molar-refractivity contribution in [1.29, 1.82) is 0 Å². The molecule has 1 atom stereocenters. The molecule has 1 aromatic carbocycles. The van der Waals surface area contributed by atoms with Gasteiger partial charge in [0.05, 0.1) is 4.48 Å². The molecule has 1 saturated carbocycles. The summed E-state index contributed by atoms with van der Waals surface area (Å²) in [6.07, 6.45) is 8.33. The van der Waals surface area contributed by atoms with E-state index in [1.54, 1.807) is 13.3 Å². The first-order chi connectivity index (χ1) is 17.9. The number of nitrogens with zero attached hydrogens (tertiary/aromatic N) is 3. The van der Waals surface area contributed by atoms with Crippen molar-refractivity contribution in [2.45, 2.75) is 59.2 Å². The Morgan fingerprint density at radius 2 is 1.97 bits per heavy atom. The monoisotopic (exact) mass is 571 g/mol. The second-order valence-corrected chi connectivity index (χ2v) is 10.4. The molecule has 0 radical (unpaired) electrons. The molecule has 9 heteroatoms. The SMILES string of the molecule is CCN(CC)CCCNC(=O)CCc1ccc(NC2N=CC(Br)=C(NC(/C=C(\C)C3CC3)=N/C)N2)cc1. The summed E-state index contributed by atoms with van der Waals surface area (Å²) in [4.78, 5) is 23.5. The van der Waals surface area contributed by atoms with E-state index in [2.05, 4.69) is 91.1 Å². The van der Waals surface area contributed by atoms with Crippen LogP contribution in [0.5, 0.6) is 0 Å². The van der Waals surface area contributed by atoms with E-state index >= 15 is 0 Å². The second kappa shape index (κ2) is 14.9. The van der Waals surface area contributed by atoms with Gasteiger partial charge in [-0.25, -0.2) is 4.99 Å². The number of amidine groups is 1.